The molecular formula is C13H19NO2. The van der Waals surface area contributed by atoms with E-state index in [1.807, 2.05) is 19.2 Å². The van der Waals surface area contributed by atoms with Crippen molar-refractivity contribution in [3.05, 3.63) is 23.8 Å². The Morgan fingerprint density at radius 3 is 2.75 bits per heavy atom. The van der Waals surface area contributed by atoms with E-state index in [1.165, 1.54) is 12.0 Å². The Morgan fingerprint density at radius 1 is 1.31 bits per heavy atom. The van der Waals surface area contributed by atoms with Gasteiger partial charge in [0.05, 0.1) is 14.2 Å². The second kappa shape index (κ2) is 4.74. The van der Waals surface area contributed by atoms with E-state index < -0.39 is 0 Å². The van der Waals surface area contributed by atoms with Crippen molar-refractivity contribution in [1.29, 1.82) is 0 Å². The largest absolute Gasteiger partial charge is 0.497 e. The fourth-order valence-electron chi connectivity index (χ4n) is 2.25. The van der Waals surface area contributed by atoms with Gasteiger partial charge in [0, 0.05) is 5.56 Å². The predicted octanol–water partition coefficient (Wildman–Crippen LogP) is 2.03. The van der Waals surface area contributed by atoms with Gasteiger partial charge in [-0.05, 0) is 50.0 Å². The highest BCUT2D eigenvalue weighted by Crippen LogP contribution is 2.50. The number of ether oxygens (including phenoxy) is 2. The highest BCUT2D eigenvalue weighted by atomic mass is 16.5. The Balaban J connectivity index is 2.18. The summed E-state index contributed by atoms with van der Waals surface area (Å²) in [7, 11) is 5.42. The molecule has 0 aliphatic heterocycles. The number of hydrogen-bond donors (Lipinski definition) is 1. The van der Waals surface area contributed by atoms with Gasteiger partial charge >= 0.3 is 0 Å². The minimum Gasteiger partial charge on any atom is -0.497 e. The molecular weight excluding hydrogens is 202 g/mol. The molecule has 1 N–H and O–H groups in total. The van der Waals surface area contributed by atoms with Gasteiger partial charge < -0.3 is 14.8 Å². The van der Waals surface area contributed by atoms with Crippen LogP contribution in [-0.2, 0) is 0 Å². The van der Waals surface area contributed by atoms with E-state index in [1.54, 1.807) is 14.2 Å². The first-order valence-corrected chi connectivity index (χ1v) is 5.66. The zero-order chi connectivity index (χ0) is 11.5. The van der Waals surface area contributed by atoms with E-state index in [-0.39, 0.29) is 0 Å². The molecule has 2 unspecified atom stereocenters. The van der Waals surface area contributed by atoms with Crippen molar-refractivity contribution in [2.24, 2.45) is 5.92 Å². The predicted molar refractivity (Wildman–Crippen MR) is 64.3 cm³/mol. The Kier molecular flexibility index (Phi) is 3.34. The van der Waals surface area contributed by atoms with Gasteiger partial charge in [0.1, 0.15) is 11.5 Å². The first kappa shape index (κ1) is 11.3. The number of methoxy groups -OCH3 is 2. The summed E-state index contributed by atoms with van der Waals surface area (Å²) in [4.78, 5) is 0. The van der Waals surface area contributed by atoms with Gasteiger partial charge in [-0.15, -0.1) is 0 Å². The molecule has 0 heterocycles. The van der Waals surface area contributed by atoms with Crippen LogP contribution in [0.3, 0.4) is 0 Å². The summed E-state index contributed by atoms with van der Waals surface area (Å²) in [6.45, 7) is 1.07. The normalized spacial score (nSPS) is 22.9. The molecule has 1 aromatic carbocycles. The van der Waals surface area contributed by atoms with Crippen molar-refractivity contribution in [2.75, 3.05) is 27.8 Å². The SMILES string of the molecule is CNCC1CC1c1cc(OC)ccc1OC. The quantitative estimate of drug-likeness (QED) is 0.825. The summed E-state index contributed by atoms with van der Waals surface area (Å²) in [6.07, 6.45) is 1.24. The Hall–Kier alpha value is -1.22. The molecule has 1 aliphatic carbocycles. The van der Waals surface area contributed by atoms with Gasteiger partial charge in [0.25, 0.3) is 0 Å². The highest BCUT2D eigenvalue weighted by Gasteiger charge is 2.39. The van der Waals surface area contributed by atoms with Crippen LogP contribution in [-0.4, -0.2) is 27.8 Å². The highest BCUT2D eigenvalue weighted by molar-refractivity contribution is 5.45. The molecule has 0 saturated heterocycles. The van der Waals surface area contributed by atoms with Gasteiger partial charge in [-0.25, -0.2) is 0 Å². The number of rotatable bonds is 5. The maximum atomic E-state index is 5.40. The summed E-state index contributed by atoms with van der Waals surface area (Å²) in [5.41, 5.74) is 1.28. The van der Waals surface area contributed by atoms with Crippen LogP contribution >= 0.6 is 0 Å². The second-order valence-electron chi connectivity index (χ2n) is 4.27. The van der Waals surface area contributed by atoms with Gasteiger partial charge in [-0.2, -0.15) is 0 Å². The maximum absolute atomic E-state index is 5.40. The van der Waals surface area contributed by atoms with Crippen LogP contribution in [0.15, 0.2) is 18.2 Å². The van der Waals surface area contributed by atoms with Gasteiger partial charge in [0.15, 0.2) is 0 Å². The van der Waals surface area contributed by atoms with E-state index in [4.69, 9.17) is 9.47 Å². The smallest absolute Gasteiger partial charge is 0.122 e. The monoisotopic (exact) mass is 221 g/mol. The van der Waals surface area contributed by atoms with E-state index >= 15 is 0 Å². The van der Waals surface area contributed by atoms with Crippen molar-refractivity contribution < 1.29 is 9.47 Å². The summed E-state index contributed by atoms with van der Waals surface area (Å²) in [5, 5.41) is 3.22. The Labute approximate surface area is 96.8 Å². The molecule has 1 aromatic rings. The lowest BCUT2D eigenvalue weighted by Crippen LogP contribution is -2.10. The lowest BCUT2D eigenvalue weighted by atomic mass is 10.1. The number of benzene rings is 1. The molecule has 0 radical (unpaired) electrons. The van der Waals surface area contributed by atoms with Crippen molar-refractivity contribution >= 4 is 0 Å². The molecule has 1 aliphatic rings. The van der Waals surface area contributed by atoms with Crippen LogP contribution in [0.1, 0.15) is 17.9 Å². The lowest BCUT2D eigenvalue weighted by molar-refractivity contribution is 0.398. The summed E-state index contributed by atoms with van der Waals surface area (Å²) in [5.74, 6) is 3.25. The van der Waals surface area contributed by atoms with Crippen molar-refractivity contribution in [3.8, 4) is 11.5 Å². The molecule has 16 heavy (non-hydrogen) atoms. The van der Waals surface area contributed by atoms with Crippen molar-refractivity contribution in [3.63, 3.8) is 0 Å². The Bertz CT molecular complexity index is 365. The maximum Gasteiger partial charge on any atom is 0.122 e. The van der Waals surface area contributed by atoms with Crippen LogP contribution in [0.5, 0.6) is 11.5 Å². The van der Waals surface area contributed by atoms with Crippen LogP contribution < -0.4 is 14.8 Å². The average Bonchev–Trinajstić information content (AvgIpc) is 3.08. The van der Waals surface area contributed by atoms with Gasteiger partial charge in [-0.1, -0.05) is 0 Å². The van der Waals surface area contributed by atoms with Gasteiger partial charge in [0.2, 0.25) is 0 Å². The topological polar surface area (TPSA) is 30.5 Å². The second-order valence-corrected chi connectivity index (χ2v) is 4.27. The molecule has 88 valence electrons. The number of nitrogens with one attached hydrogen (secondary N) is 1. The summed E-state index contributed by atoms with van der Waals surface area (Å²) in [6, 6.07) is 6.03. The third kappa shape index (κ3) is 2.14. The van der Waals surface area contributed by atoms with E-state index in [0.29, 0.717) is 5.92 Å². The third-order valence-electron chi connectivity index (χ3n) is 3.23. The zero-order valence-corrected chi connectivity index (χ0v) is 10.1. The molecule has 2 atom stereocenters. The Morgan fingerprint density at radius 2 is 2.12 bits per heavy atom. The van der Waals surface area contributed by atoms with E-state index in [2.05, 4.69) is 11.4 Å². The standard InChI is InChI=1S/C13H19NO2/c1-14-8-9-6-11(9)12-7-10(15-2)4-5-13(12)16-3/h4-5,7,9,11,14H,6,8H2,1-3H3. The summed E-state index contributed by atoms with van der Waals surface area (Å²) < 4.78 is 10.7. The van der Waals surface area contributed by atoms with E-state index in [0.717, 1.165) is 24.0 Å². The van der Waals surface area contributed by atoms with Crippen LogP contribution in [0.25, 0.3) is 0 Å². The zero-order valence-electron chi connectivity index (χ0n) is 10.1. The van der Waals surface area contributed by atoms with Gasteiger partial charge in [-0.3, -0.25) is 0 Å². The van der Waals surface area contributed by atoms with E-state index in [9.17, 15) is 0 Å². The molecule has 0 aromatic heterocycles. The molecule has 0 bridgehead atoms. The molecule has 3 nitrogen and oxygen atoms in total. The molecule has 2 rings (SSSR count). The fraction of sp³-hybridized carbons (Fsp3) is 0.538. The minimum absolute atomic E-state index is 0.623. The average molecular weight is 221 g/mol. The fourth-order valence-corrected chi connectivity index (χ4v) is 2.25. The lowest BCUT2D eigenvalue weighted by Gasteiger charge is -2.10. The third-order valence-corrected chi connectivity index (χ3v) is 3.23. The molecule has 1 fully saturated rings. The number of hydrogen-bond acceptors (Lipinski definition) is 3. The first-order chi connectivity index (χ1) is 7.80. The van der Waals surface area contributed by atoms with Crippen molar-refractivity contribution in [1.82, 2.24) is 5.32 Å². The minimum atomic E-state index is 0.623. The van der Waals surface area contributed by atoms with Crippen LogP contribution in [0.2, 0.25) is 0 Å². The van der Waals surface area contributed by atoms with Crippen LogP contribution in [0, 0.1) is 5.92 Å². The first-order valence-electron chi connectivity index (χ1n) is 5.66. The summed E-state index contributed by atoms with van der Waals surface area (Å²) >= 11 is 0. The van der Waals surface area contributed by atoms with Crippen LogP contribution in [0.4, 0.5) is 0 Å². The molecule has 0 amide bonds. The van der Waals surface area contributed by atoms with Crippen molar-refractivity contribution in [2.45, 2.75) is 12.3 Å². The molecule has 0 spiro atoms. The molecule has 1 saturated carbocycles. The molecule has 3 heteroatoms.